The van der Waals surface area contributed by atoms with Crippen molar-refractivity contribution in [2.45, 2.75) is 64.1 Å². The molecule has 0 N–H and O–H groups in total. The molecule has 134 valence electrons. The first-order chi connectivity index (χ1) is 11.8. The van der Waals surface area contributed by atoms with Crippen molar-refractivity contribution in [2.75, 3.05) is 0 Å². The molecule has 0 aliphatic carbocycles. The van der Waals surface area contributed by atoms with Crippen LogP contribution in [0.1, 0.15) is 25.8 Å². The number of carbonyl (C=O) groups excluding carboxylic acids is 1. The van der Waals surface area contributed by atoms with Crippen LogP contribution in [0, 0.1) is 23.3 Å². The highest BCUT2D eigenvalue weighted by molar-refractivity contribution is 6.82. The van der Waals surface area contributed by atoms with Gasteiger partial charge < -0.3 is 9.22 Å². The van der Waals surface area contributed by atoms with E-state index in [1.807, 2.05) is 30.3 Å². The van der Waals surface area contributed by atoms with Gasteiger partial charge >= 0.3 is 0 Å². The van der Waals surface area contributed by atoms with Gasteiger partial charge in [-0.15, -0.1) is 5.92 Å². The summed E-state index contributed by atoms with van der Waals surface area (Å²) in [4.78, 5) is 11.1. The van der Waals surface area contributed by atoms with Gasteiger partial charge in [-0.2, -0.15) is 0 Å². The fourth-order valence-electron chi connectivity index (χ4n) is 2.27. The predicted molar refractivity (Wildman–Crippen MR) is 112 cm³/mol. The summed E-state index contributed by atoms with van der Waals surface area (Å²) < 4.78 is 6.39. The molecule has 1 unspecified atom stereocenters. The first-order valence-corrected chi connectivity index (χ1v) is 15.0. The monoisotopic (exact) mass is 370 g/mol. The molecule has 25 heavy (non-hydrogen) atoms. The van der Waals surface area contributed by atoms with E-state index in [2.05, 4.69) is 56.8 Å². The van der Waals surface area contributed by atoms with Gasteiger partial charge in [0.1, 0.15) is 12.4 Å². The van der Waals surface area contributed by atoms with E-state index >= 15 is 0 Å². The second-order valence-corrected chi connectivity index (χ2v) is 16.7. The van der Waals surface area contributed by atoms with Gasteiger partial charge in [-0.3, -0.25) is 0 Å². The third kappa shape index (κ3) is 8.36. The number of carbonyl (C=O) groups is 1. The average molecular weight is 371 g/mol. The zero-order valence-corrected chi connectivity index (χ0v) is 18.2. The molecule has 0 aromatic heterocycles. The Morgan fingerprint density at radius 1 is 1.12 bits per heavy atom. The normalized spacial score (nSPS) is 12.4. The van der Waals surface area contributed by atoms with Crippen LogP contribution in [0.15, 0.2) is 30.3 Å². The maximum absolute atomic E-state index is 11.1. The number of hydrogen-bond donors (Lipinski definition) is 0. The predicted octanol–water partition coefficient (Wildman–Crippen LogP) is 4.88. The van der Waals surface area contributed by atoms with Gasteiger partial charge in [0, 0.05) is 18.0 Å². The lowest BCUT2D eigenvalue weighted by Gasteiger charge is -2.26. The lowest BCUT2D eigenvalue weighted by molar-refractivity contribution is -0.108. The molecule has 0 aliphatic heterocycles. The molecule has 1 atom stereocenters. The molecule has 2 nitrogen and oxygen atoms in total. The van der Waals surface area contributed by atoms with Gasteiger partial charge in [0.05, 0.1) is 8.07 Å². The van der Waals surface area contributed by atoms with E-state index < -0.39 is 16.4 Å². The van der Waals surface area contributed by atoms with Gasteiger partial charge in [-0.1, -0.05) is 69.1 Å². The van der Waals surface area contributed by atoms with Crippen LogP contribution in [0.5, 0.6) is 0 Å². The molecule has 0 amide bonds. The van der Waals surface area contributed by atoms with Crippen LogP contribution < -0.4 is 0 Å². The molecule has 1 aromatic rings. The molecular weight excluding hydrogens is 340 g/mol. The minimum atomic E-state index is -2.18. The number of benzene rings is 1. The SMILES string of the molecule is CC[Si](C#CC[Si](C)(C)C)(CC)OC(C#Cc1ccccc1)CC=O. The lowest BCUT2D eigenvalue weighted by atomic mass is 10.2. The van der Waals surface area contributed by atoms with Gasteiger partial charge in [0.2, 0.25) is 0 Å². The van der Waals surface area contributed by atoms with Crippen LogP contribution in [-0.4, -0.2) is 28.8 Å². The third-order valence-electron chi connectivity index (χ3n) is 3.91. The second kappa shape index (κ2) is 10.4. The van der Waals surface area contributed by atoms with Gasteiger partial charge in [0.25, 0.3) is 8.32 Å². The molecule has 0 bridgehead atoms. The molecule has 0 fully saturated rings. The minimum Gasteiger partial charge on any atom is -0.391 e. The summed E-state index contributed by atoms with van der Waals surface area (Å²) in [5.74, 6) is 9.67. The molecule has 0 heterocycles. The first kappa shape index (κ1) is 21.4. The van der Waals surface area contributed by atoms with E-state index in [9.17, 15) is 4.79 Å². The second-order valence-electron chi connectivity index (χ2n) is 7.38. The van der Waals surface area contributed by atoms with E-state index in [0.29, 0.717) is 6.42 Å². The summed E-state index contributed by atoms with van der Waals surface area (Å²) >= 11 is 0. The Hall–Kier alpha value is -1.60. The van der Waals surface area contributed by atoms with Gasteiger partial charge in [-0.25, -0.2) is 0 Å². The third-order valence-corrected chi connectivity index (χ3v) is 8.80. The zero-order valence-electron chi connectivity index (χ0n) is 16.2. The lowest BCUT2D eigenvalue weighted by Crippen LogP contribution is -2.39. The van der Waals surface area contributed by atoms with Crippen LogP contribution in [0.4, 0.5) is 0 Å². The molecule has 1 rings (SSSR count). The molecule has 0 radical (unpaired) electrons. The summed E-state index contributed by atoms with van der Waals surface area (Å²) in [6, 6.07) is 12.6. The molecule has 0 saturated carbocycles. The van der Waals surface area contributed by atoms with E-state index in [-0.39, 0.29) is 6.10 Å². The fourth-order valence-corrected chi connectivity index (χ4v) is 5.43. The van der Waals surface area contributed by atoms with Crippen molar-refractivity contribution in [3.05, 3.63) is 35.9 Å². The van der Waals surface area contributed by atoms with Crippen LogP contribution in [-0.2, 0) is 9.22 Å². The van der Waals surface area contributed by atoms with Crippen molar-refractivity contribution in [1.29, 1.82) is 0 Å². The average Bonchev–Trinajstić information content (AvgIpc) is 2.58. The summed E-state index contributed by atoms with van der Waals surface area (Å²) in [5.41, 5.74) is 4.43. The highest BCUT2D eigenvalue weighted by atomic mass is 28.4. The Kier molecular flexibility index (Phi) is 8.93. The quantitative estimate of drug-likeness (QED) is 0.388. The van der Waals surface area contributed by atoms with Crippen molar-refractivity contribution >= 4 is 22.7 Å². The van der Waals surface area contributed by atoms with Crippen LogP contribution in [0.2, 0.25) is 37.8 Å². The van der Waals surface area contributed by atoms with Crippen LogP contribution >= 0.6 is 0 Å². The standard InChI is InChI=1S/C21H30O2Si2/c1-6-25(7-2,19-11-18-24(3,4)5)23-21(16-17-22)15-14-20-12-9-8-10-13-20/h8-10,12-13,17,21H,6-7,16,18H2,1-5H3. The van der Waals surface area contributed by atoms with Crippen molar-refractivity contribution < 1.29 is 9.22 Å². The fraction of sp³-hybridized carbons (Fsp3) is 0.476. The molecule has 0 spiro atoms. The molecule has 1 aromatic carbocycles. The minimum absolute atomic E-state index is 0.296. The molecule has 0 saturated heterocycles. The summed E-state index contributed by atoms with van der Waals surface area (Å²) in [6.07, 6.45) is 0.819. The van der Waals surface area contributed by atoms with Crippen molar-refractivity contribution in [1.82, 2.24) is 0 Å². The number of aldehydes is 1. The highest BCUT2D eigenvalue weighted by Gasteiger charge is 2.32. The number of rotatable bonds is 7. The Labute approximate surface area is 155 Å². The van der Waals surface area contributed by atoms with E-state index in [4.69, 9.17) is 4.43 Å². The summed E-state index contributed by atoms with van der Waals surface area (Å²) in [5, 5.41) is 0. The largest absolute Gasteiger partial charge is 0.391 e. The topological polar surface area (TPSA) is 26.3 Å². The van der Waals surface area contributed by atoms with Crippen molar-refractivity contribution in [3.63, 3.8) is 0 Å². The maximum atomic E-state index is 11.1. The molecule has 0 aliphatic rings. The van der Waals surface area contributed by atoms with Crippen LogP contribution in [0.3, 0.4) is 0 Å². The van der Waals surface area contributed by atoms with E-state index in [1.54, 1.807) is 0 Å². The van der Waals surface area contributed by atoms with Crippen molar-refractivity contribution in [3.8, 4) is 23.3 Å². The summed E-state index contributed by atoms with van der Waals surface area (Å²) in [7, 11) is -3.37. The zero-order chi connectivity index (χ0) is 18.8. The van der Waals surface area contributed by atoms with E-state index in [0.717, 1.165) is 30.0 Å². The first-order valence-electron chi connectivity index (χ1n) is 9.02. The van der Waals surface area contributed by atoms with Gasteiger partial charge in [-0.05, 0) is 24.2 Å². The van der Waals surface area contributed by atoms with Crippen LogP contribution in [0.25, 0.3) is 0 Å². The smallest absolute Gasteiger partial charge is 0.272 e. The maximum Gasteiger partial charge on any atom is 0.272 e. The Balaban J connectivity index is 2.97. The highest BCUT2D eigenvalue weighted by Crippen LogP contribution is 2.20. The Morgan fingerprint density at radius 2 is 1.76 bits per heavy atom. The summed E-state index contributed by atoms with van der Waals surface area (Å²) in [6.45, 7) is 11.3. The molecule has 4 heteroatoms. The molecular formula is C21H30O2Si2. The van der Waals surface area contributed by atoms with Crippen molar-refractivity contribution in [2.24, 2.45) is 0 Å². The number of hydrogen-bond acceptors (Lipinski definition) is 2. The Morgan fingerprint density at radius 3 is 2.28 bits per heavy atom. The van der Waals surface area contributed by atoms with Gasteiger partial charge in [0.15, 0.2) is 0 Å². The van der Waals surface area contributed by atoms with E-state index in [1.165, 1.54) is 0 Å². The Bertz CT molecular complexity index is 650.